The number of aromatic nitrogens is 3. The lowest BCUT2D eigenvalue weighted by Gasteiger charge is -2.28. The second-order valence-corrected chi connectivity index (χ2v) is 11.2. The number of rotatable bonds is 7. The molecule has 1 aliphatic rings. The van der Waals surface area contributed by atoms with Crippen LogP contribution in [0.1, 0.15) is 38.2 Å². The Kier molecular flexibility index (Phi) is 7.63. The van der Waals surface area contributed by atoms with Gasteiger partial charge in [-0.1, -0.05) is 122 Å². The highest BCUT2D eigenvalue weighted by atomic mass is 15.0. The predicted octanol–water partition coefficient (Wildman–Crippen LogP) is 9.46. The molecule has 198 valence electrons. The maximum atomic E-state index is 4.90. The van der Waals surface area contributed by atoms with Gasteiger partial charge in [0.15, 0.2) is 17.5 Å². The van der Waals surface area contributed by atoms with E-state index in [1.54, 1.807) is 0 Å². The Labute approximate surface area is 237 Å². The first-order valence-electron chi connectivity index (χ1n) is 14.3. The van der Waals surface area contributed by atoms with E-state index < -0.39 is 0 Å². The average molecular weight is 522 g/mol. The van der Waals surface area contributed by atoms with Crippen molar-refractivity contribution in [3.8, 4) is 45.3 Å². The molecular weight excluding hydrogens is 486 g/mol. The molecule has 0 amide bonds. The summed E-state index contributed by atoms with van der Waals surface area (Å²) in [6.45, 7) is 6.64. The number of benzene rings is 4. The number of hydrogen-bond donors (Lipinski definition) is 0. The van der Waals surface area contributed by atoms with Crippen LogP contribution in [0.4, 0.5) is 0 Å². The van der Waals surface area contributed by atoms with E-state index in [0.717, 1.165) is 40.5 Å². The minimum absolute atomic E-state index is 0.675. The molecule has 1 aromatic heterocycles. The smallest absolute Gasteiger partial charge is 0.164 e. The van der Waals surface area contributed by atoms with Crippen LogP contribution in [-0.4, -0.2) is 15.0 Å². The van der Waals surface area contributed by atoms with Gasteiger partial charge in [0, 0.05) is 16.7 Å². The molecule has 3 heteroatoms. The van der Waals surface area contributed by atoms with Gasteiger partial charge >= 0.3 is 0 Å². The zero-order valence-corrected chi connectivity index (χ0v) is 23.1. The molecule has 5 aromatic rings. The lowest BCUT2D eigenvalue weighted by molar-refractivity contribution is 0.321. The second-order valence-electron chi connectivity index (χ2n) is 11.2. The summed E-state index contributed by atoms with van der Waals surface area (Å²) < 4.78 is 0. The van der Waals surface area contributed by atoms with Crippen LogP contribution in [-0.2, 0) is 6.42 Å². The van der Waals surface area contributed by atoms with E-state index in [1.165, 1.54) is 42.4 Å². The summed E-state index contributed by atoms with van der Waals surface area (Å²) in [6, 6.07) is 37.8. The van der Waals surface area contributed by atoms with Crippen molar-refractivity contribution in [2.24, 2.45) is 11.8 Å². The van der Waals surface area contributed by atoms with Crippen molar-refractivity contribution in [1.82, 2.24) is 15.0 Å². The fourth-order valence-electron chi connectivity index (χ4n) is 5.95. The molecule has 0 aliphatic heterocycles. The number of allylic oxidation sites excluding steroid dienone is 1. The van der Waals surface area contributed by atoms with E-state index in [4.69, 9.17) is 15.0 Å². The van der Waals surface area contributed by atoms with E-state index >= 15 is 0 Å². The molecule has 1 saturated carbocycles. The minimum atomic E-state index is 0.675. The monoisotopic (exact) mass is 521 g/mol. The molecule has 1 aliphatic carbocycles. The normalized spacial score (nSPS) is 17.1. The van der Waals surface area contributed by atoms with Crippen molar-refractivity contribution in [1.29, 1.82) is 0 Å². The molecular formula is C37H35N3. The van der Waals surface area contributed by atoms with Gasteiger partial charge < -0.3 is 0 Å². The van der Waals surface area contributed by atoms with Gasteiger partial charge in [-0.25, -0.2) is 15.0 Å². The van der Waals surface area contributed by atoms with Gasteiger partial charge in [0.2, 0.25) is 0 Å². The van der Waals surface area contributed by atoms with Crippen LogP contribution in [0.25, 0.3) is 45.3 Å². The van der Waals surface area contributed by atoms with Crippen LogP contribution >= 0.6 is 0 Å². The molecule has 6 rings (SSSR count). The Morgan fingerprint density at radius 2 is 1.15 bits per heavy atom. The topological polar surface area (TPSA) is 38.7 Å². The van der Waals surface area contributed by atoms with Crippen LogP contribution in [0, 0.1) is 11.8 Å². The summed E-state index contributed by atoms with van der Waals surface area (Å²) in [5.74, 6) is 3.58. The van der Waals surface area contributed by atoms with Gasteiger partial charge in [-0.2, -0.15) is 0 Å². The molecule has 40 heavy (non-hydrogen) atoms. The molecule has 2 atom stereocenters. The SMILES string of the molecule is C=C1CC(C)CC(CCc2ccc(-c3cccc(-c4nc(-c5ccccc5)nc(-c5ccccc5)n4)c3)cc2)C1. The maximum absolute atomic E-state index is 4.90. The molecule has 0 N–H and O–H groups in total. The first-order chi connectivity index (χ1) is 19.6. The average Bonchev–Trinajstić information content (AvgIpc) is 3.00. The molecule has 3 nitrogen and oxygen atoms in total. The lowest BCUT2D eigenvalue weighted by Crippen LogP contribution is -2.15. The fraction of sp³-hybridized carbons (Fsp3) is 0.216. The third-order valence-corrected chi connectivity index (χ3v) is 7.90. The van der Waals surface area contributed by atoms with Crippen LogP contribution in [0.15, 0.2) is 121 Å². The van der Waals surface area contributed by atoms with Gasteiger partial charge in [-0.15, -0.1) is 0 Å². The standard InChI is InChI=1S/C37H35N3/c1-26-22-27(2)24-29(23-26)17-16-28-18-20-30(21-19-28)33-14-9-15-34(25-33)37-39-35(31-10-5-3-6-11-31)38-36(40-37)32-12-7-4-8-13-32/h3-15,18-21,25,27,29H,1,16-17,22-24H2,2H3. The van der Waals surface area contributed by atoms with Gasteiger partial charge in [0.05, 0.1) is 0 Å². The summed E-state index contributed by atoms with van der Waals surface area (Å²) in [7, 11) is 0. The van der Waals surface area contributed by atoms with E-state index in [9.17, 15) is 0 Å². The quantitative estimate of drug-likeness (QED) is 0.200. The van der Waals surface area contributed by atoms with Crippen LogP contribution in [0.3, 0.4) is 0 Å². The van der Waals surface area contributed by atoms with Crippen molar-refractivity contribution >= 4 is 0 Å². The fourth-order valence-corrected chi connectivity index (χ4v) is 5.95. The molecule has 1 heterocycles. The van der Waals surface area contributed by atoms with Gasteiger partial charge in [-0.3, -0.25) is 0 Å². The van der Waals surface area contributed by atoms with Crippen molar-refractivity contribution in [3.63, 3.8) is 0 Å². The number of aryl methyl sites for hydroxylation is 1. The van der Waals surface area contributed by atoms with E-state index in [0.29, 0.717) is 17.5 Å². The minimum Gasteiger partial charge on any atom is -0.208 e. The summed E-state index contributed by atoms with van der Waals surface area (Å²) in [5, 5.41) is 0. The van der Waals surface area contributed by atoms with Gasteiger partial charge in [-0.05, 0) is 66.7 Å². The predicted molar refractivity (Wildman–Crippen MR) is 166 cm³/mol. The second kappa shape index (κ2) is 11.8. The van der Waals surface area contributed by atoms with Crippen molar-refractivity contribution in [2.45, 2.75) is 39.0 Å². The van der Waals surface area contributed by atoms with Gasteiger partial charge in [0.25, 0.3) is 0 Å². The van der Waals surface area contributed by atoms with Crippen LogP contribution in [0.5, 0.6) is 0 Å². The highest BCUT2D eigenvalue weighted by Gasteiger charge is 2.21. The summed E-state index contributed by atoms with van der Waals surface area (Å²) in [4.78, 5) is 14.6. The maximum Gasteiger partial charge on any atom is 0.164 e. The van der Waals surface area contributed by atoms with Crippen LogP contribution < -0.4 is 0 Å². The molecule has 0 saturated heterocycles. The van der Waals surface area contributed by atoms with Crippen molar-refractivity contribution < 1.29 is 0 Å². The zero-order chi connectivity index (χ0) is 27.3. The Morgan fingerprint density at radius 1 is 0.600 bits per heavy atom. The Balaban J connectivity index is 1.26. The Hall–Kier alpha value is -4.37. The van der Waals surface area contributed by atoms with Crippen molar-refractivity contribution in [3.05, 3.63) is 127 Å². The van der Waals surface area contributed by atoms with Gasteiger partial charge in [0.1, 0.15) is 0 Å². The third kappa shape index (κ3) is 6.10. The molecule has 1 fully saturated rings. The lowest BCUT2D eigenvalue weighted by atomic mass is 9.77. The molecule has 0 bridgehead atoms. The third-order valence-electron chi connectivity index (χ3n) is 7.90. The Bertz CT molecular complexity index is 1530. The number of hydrogen-bond acceptors (Lipinski definition) is 3. The first-order valence-corrected chi connectivity index (χ1v) is 14.3. The number of nitrogens with zero attached hydrogens (tertiary/aromatic N) is 3. The van der Waals surface area contributed by atoms with E-state index in [2.05, 4.69) is 62.0 Å². The zero-order valence-electron chi connectivity index (χ0n) is 23.1. The molecule has 0 radical (unpaired) electrons. The molecule has 0 spiro atoms. The van der Waals surface area contributed by atoms with Crippen molar-refractivity contribution in [2.75, 3.05) is 0 Å². The summed E-state index contributed by atoms with van der Waals surface area (Å²) in [5.41, 5.74) is 8.12. The molecule has 2 unspecified atom stereocenters. The van der Waals surface area contributed by atoms with Crippen LogP contribution in [0.2, 0.25) is 0 Å². The van der Waals surface area contributed by atoms with E-state index in [-0.39, 0.29) is 0 Å². The first kappa shape index (κ1) is 25.9. The largest absolute Gasteiger partial charge is 0.208 e. The highest BCUT2D eigenvalue weighted by molar-refractivity contribution is 5.72. The molecule has 4 aromatic carbocycles. The summed E-state index contributed by atoms with van der Waals surface area (Å²) >= 11 is 0. The Morgan fingerprint density at radius 3 is 1.75 bits per heavy atom. The highest BCUT2D eigenvalue weighted by Crippen LogP contribution is 2.34. The van der Waals surface area contributed by atoms with E-state index in [1.807, 2.05) is 60.7 Å². The summed E-state index contributed by atoms with van der Waals surface area (Å²) in [6.07, 6.45) is 6.10.